The second-order valence-corrected chi connectivity index (χ2v) is 13.2. The normalized spacial score (nSPS) is 26.1. The van der Waals surface area contributed by atoms with E-state index >= 15 is 0 Å². The summed E-state index contributed by atoms with van der Waals surface area (Å²) in [5.74, 6) is -0.497. The Morgan fingerprint density at radius 1 is 1.11 bits per heavy atom. The Labute approximate surface area is 259 Å². The lowest BCUT2D eigenvalue weighted by atomic mass is 9.43. The number of nitrogens with one attached hydrogen (secondary N) is 1. The number of ether oxygens (including phenoxy) is 1. The second kappa shape index (κ2) is 12.3. The fourth-order valence-electron chi connectivity index (χ4n) is 7.51. The van der Waals surface area contributed by atoms with E-state index in [1.54, 1.807) is 30.5 Å². The maximum Gasteiger partial charge on any atom is 0.482 e. The van der Waals surface area contributed by atoms with Crippen molar-refractivity contribution in [2.75, 3.05) is 6.61 Å². The molecular weight excluding hydrogens is 556 g/mol. The van der Waals surface area contributed by atoms with Crippen LogP contribution in [0.3, 0.4) is 0 Å². The average molecular weight is 596 g/mol. The second-order valence-electron chi connectivity index (χ2n) is 13.2. The Morgan fingerprint density at radius 3 is 2.64 bits per heavy atom. The van der Waals surface area contributed by atoms with Crippen molar-refractivity contribution >= 4 is 13.0 Å². The molecule has 3 saturated carbocycles. The van der Waals surface area contributed by atoms with Crippen LogP contribution in [0.4, 0.5) is 4.39 Å². The van der Waals surface area contributed by atoms with Crippen molar-refractivity contribution in [2.45, 2.75) is 76.4 Å². The van der Waals surface area contributed by atoms with Crippen molar-refractivity contribution in [1.29, 1.82) is 5.26 Å². The van der Waals surface area contributed by atoms with Gasteiger partial charge in [0, 0.05) is 6.20 Å². The molecule has 2 aromatic carbocycles. The van der Waals surface area contributed by atoms with Gasteiger partial charge in [0.1, 0.15) is 0 Å². The Balaban J connectivity index is 1.08. The number of pyridine rings is 1. The predicted molar refractivity (Wildman–Crippen MR) is 165 cm³/mol. The van der Waals surface area contributed by atoms with Gasteiger partial charge in [0.15, 0.2) is 11.6 Å². The molecule has 2 bridgehead atoms. The van der Waals surface area contributed by atoms with Gasteiger partial charge in [-0.1, -0.05) is 56.3 Å². The van der Waals surface area contributed by atoms with Crippen LogP contribution < -0.4 is 10.1 Å². The lowest BCUT2D eigenvalue weighted by Crippen LogP contribution is -2.65. The summed E-state index contributed by atoms with van der Waals surface area (Å²) >= 11 is 0. The molecule has 1 unspecified atom stereocenters. The number of hydrogen-bond acceptors (Lipinski definition) is 6. The van der Waals surface area contributed by atoms with Crippen LogP contribution in [0.2, 0.25) is 0 Å². The molecule has 2 heterocycles. The summed E-state index contributed by atoms with van der Waals surface area (Å²) in [4.78, 5) is 17.5. The van der Waals surface area contributed by atoms with Crippen LogP contribution in [0.25, 0.3) is 0 Å². The monoisotopic (exact) mass is 595 g/mol. The lowest BCUT2D eigenvalue weighted by molar-refractivity contribution is -0.199. The molecule has 3 aromatic rings. The van der Waals surface area contributed by atoms with Crippen molar-refractivity contribution in [1.82, 2.24) is 10.3 Å². The minimum atomic E-state index is -0.563. The van der Waals surface area contributed by atoms with Gasteiger partial charge in [-0.3, -0.25) is 9.78 Å². The minimum Gasteiger partial charge on any atom is -0.490 e. The highest BCUT2D eigenvalue weighted by atomic mass is 19.1. The number of hydrogen-bond donors (Lipinski definition) is 1. The maximum absolute atomic E-state index is 14.6. The van der Waals surface area contributed by atoms with Gasteiger partial charge in [0.2, 0.25) is 5.91 Å². The summed E-state index contributed by atoms with van der Waals surface area (Å²) in [5.41, 5.74) is 2.32. The van der Waals surface area contributed by atoms with Gasteiger partial charge < -0.3 is 19.4 Å². The third-order valence-corrected chi connectivity index (χ3v) is 10.2. The van der Waals surface area contributed by atoms with E-state index in [-0.39, 0.29) is 47.7 Å². The van der Waals surface area contributed by atoms with Gasteiger partial charge in [0.25, 0.3) is 0 Å². The summed E-state index contributed by atoms with van der Waals surface area (Å²) in [5, 5.41) is 12.8. The third kappa shape index (κ3) is 5.98. The smallest absolute Gasteiger partial charge is 0.482 e. The van der Waals surface area contributed by atoms with Crippen molar-refractivity contribution < 1.29 is 23.2 Å². The van der Waals surface area contributed by atoms with E-state index in [9.17, 15) is 14.4 Å². The predicted octanol–water partition coefficient (Wildman–Crippen LogP) is 5.83. The Kier molecular flexibility index (Phi) is 8.50. The molecule has 4 fully saturated rings. The summed E-state index contributed by atoms with van der Waals surface area (Å²) in [7, 11) is -0.563. The number of nitrogens with zero attached hydrogens (tertiary/aromatic N) is 2. The zero-order chi connectivity index (χ0) is 30.9. The summed E-state index contributed by atoms with van der Waals surface area (Å²) < 4.78 is 33.6. The Bertz CT molecular complexity index is 1520. The highest BCUT2D eigenvalue weighted by molar-refractivity contribution is 6.48. The summed E-state index contributed by atoms with van der Waals surface area (Å²) in [6, 6.07) is 22.3. The topological polar surface area (TPSA) is 93.5 Å². The van der Waals surface area contributed by atoms with Gasteiger partial charge in [-0.15, -0.1) is 0 Å². The molecule has 0 radical (unpaired) electrons. The van der Waals surface area contributed by atoms with Crippen LogP contribution in [0.5, 0.6) is 5.75 Å². The van der Waals surface area contributed by atoms with Crippen molar-refractivity contribution in [3.05, 3.63) is 95.6 Å². The van der Waals surface area contributed by atoms with E-state index < -0.39 is 18.9 Å². The molecule has 1 aliphatic heterocycles. The standard InChI is InChI=1S/C35H39BFN3O4/c1-34(2)26-20-30(34)35(3)31(21-26)43-36(44-35)32(19-23-9-5-4-6-10-23)40-33(41)14-16-42-29-18-24(12-13-27(29)37)17-25(22-38)28-11-7-8-15-39-28/h4-13,15,18,25-26,30-32H,14,16-17,19-21H2,1-3H3,(H,40,41)/t25?,26-,30-,31+,32-,35-/m0/s1. The number of nitriles is 1. The molecule has 228 valence electrons. The molecule has 6 atom stereocenters. The minimum absolute atomic E-state index is 0.00313. The van der Waals surface area contributed by atoms with Crippen LogP contribution in [0.15, 0.2) is 72.9 Å². The van der Waals surface area contributed by atoms with Crippen molar-refractivity contribution in [3.63, 3.8) is 0 Å². The average Bonchev–Trinajstić information content (AvgIpc) is 3.39. The first-order chi connectivity index (χ1) is 21.2. The van der Waals surface area contributed by atoms with Crippen LogP contribution in [0, 0.1) is 34.4 Å². The van der Waals surface area contributed by atoms with Crippen LogP contribution in [-0.2, 0) is 26.9 Å². The highest BCUT2D eigenvalue weighted by Gasteiger charge is 2.68. The zero-order valence-corrected chi connectivity index (χ0v) is 25.5. The molecule has 1 aromatic heterocycles. The number of carbonyl (C=O) groups is 1. The molecule has 44 heavy (non-hydrogen) atoms. The van der Waals surface area contributed by atoms with Crippen molar-refractivity contribution in [3.8, 4) is 11.8 Å². The number of amides is 1. The number of carbonyl (C=O) groups excluding carboxylic acids is 1. The molecule has 1 saturated heterocycles. The van der Waals surface area contributed by atoms with Crippen LogP contribution >= 0.6 is 0 Å². The molecule has 4 aliphatic rings. The molecule has 7 nitrogen and oxygen atoms in total. The van der Waals surface area contributed by atoms with Crippen LogP contribution in [0.1, 0.15) is 62.8 Å². The first kappa shape index (κ1) is 30.3. The third-order valence-electron chi connectivity index (χ3n) is 10.2. The summed E-state index contributed by atoms with van der Waals surface area (Å²) in [6.45, 7) is 6.82. The van der Waals surface area contributed by atoms with Crippen LogP contribution in [-0.4, -0.2) is 42.3 Å². The van der Waals surface area contributed by atoms with E-state index in [4.69, 9.17) is 14.0 Å². The molecule has 9 heteroatoms. The number of halogens is 1. The van der Waals surface area contributed by atoms with Gasteiger partial charge in [-0.05, 0) is 85.3 Å². The first-order valence-corrected chi connectivity index (χ1v) is 15.6. The van der Waals surface area contributed by atoms with Gasteiger partial charge >= 0.3 is 7.12 Å². The first-order valence-electron chi connectivity index (χ1n) is 15.6. The quantitative estimate of drug-likeness (QED) is 0.280. The van der Waals surface area contributed by atoms with E-state index in [2.05, 4.69) is 37.1 Å². The SMILES string of the molecule is CC1(C)[C@@H]2C[C@H]3OB([C@H](Cc4ccccc4)NC(=O)CCOc4cc(CC(C#N)c5ccccn5)ccc4F)O[C@@]3(C)[C@H]1C2. The number of aromatic nitrogens is 1. The van der Waals surface area contributed by atoms with E-state index in [1.165, 1.54) is 6.07 Å². The zero-order valence-electron chi connectivity index (χ0n) is 25.5. The Hall–Kier alpha value is -3.74. The molecular formula is C35H39BFN3O4. The molecule has 1 amide bonds. The molecule has 0 spiro atoms. The van der Waals surface area contributed by atoms with Crippen molar-refractivity contribution in [2.24, 2.45) is 17.3 Å². The largest absolute Gasteiger partial charge is 0.490 e. The van der Waals surface area contributed by atoms with E-state index in [0.717, 1.165) is 24.0 Å². The van der Waals surface area contributed by atoms with Gasteiger partial charge in [0.05, 0.1) is 48.4 Å². The Morgan fingerprint density at radius 2 is 1.91 bits per heavy atom. The summed E-state index contributed by atoms with van der Waals surface area (Å²) in [6.07, 6.45) is 4.75. The fraction of sp³-hybridized carbons (Fsp3) is 0.457. The lowest BCUT2D eigenvalue weighted by Gasteiger charge is -2.64. The van der Waals surface area contributed by atoms with Gasteiger partial charge in [-0.25, -0.2) is 4.39 Å². The van der Waals surface area contributed by atoms with Gasteiger partial charge in [-0.2, -0.15) is 5.26 Å². The maximum atomic E-state index is 14.6. The number of rotatable bonds is 11. The van der Waals surface area contributed by atoms with E-state index in [1.807, 2.05) is 36.4 Å². The highest BCUT2D eigenvalue weighted by Crippen LogP contribution is 2.65. The molecule has 7 rings (SSSR count). The fourth-order valence-corrected chi connectivity index (χ4v) is 7.51. The van der Waals surface area contributed by atoms with E-state index in [0.29, 0.717) is 30.4 Å². The number of benzene rings is 2. The molecule has 1 N–H and O–H groups in total. The molecule has 3 aliphatic carbocycles.